The zero-order chi connectivity index (χ0) is 17.1. The van der Waals surface area contributed by atoms with Crippen LogP contribution in [0.5, 0.6) is 0 Å². The number of benzene rings is 1. The van der Waals surface area contributed by atoms with E-state index in [-0.39, 0.29) is 12.6 Å². The summed E-state index contributed by atoms with van der Waals surface area (Å²) in [6, 6.07) is 5.29. The third-order valence-corrected chi connectivity index (χ3v) is 3.21. The fraction of sp³-hybridized carbons (Fsp3) is 0.421. The average molecular weight is 313 g/mol. The highest BCUT2D eigenvalue weighted by molar-refractivity contribution is 5.90. The number of carbonyl (C=O) groups excluding carboxylic acids is 1. The molecular weight excluding hydrogens is 290 g/mol. The fourth-order valence-electron chi connectivity index (χ4n) is 1.98. The Morgan fingerprint density at radius 2 is 2.00 bits per heavy atom. The maximum absolute atomic E-state index is 11.6. The molecule has 1 aromatic carbocycles. The second-order valence-corrected chi connectivity index (χ2v) is 5.20. The number of nitrogens with zero attached hydrogens (tertiary/aromatic N) is 1. The first kappa shape index (κ1) is 18.6. The molecule has 0 atom stereocenters. The molecule has 0 fully saturated rings. The van der Waals surface area contributed by atoms with Crippen molar-refractivity contribution in [2.24, 2.45) is 0 Å². The molecule has 1 aromatic rings. The van der Waals surface area contributed by atoms with Gasteiger partial charge < -0.3 is 14.7 Å². The number of aliphatic hydroxyl groups is 1. The molecule has 0 saturated carbocycles. The van der Waals surface area contributed by atoms with Crippen LogP contribution in [-0.2, 0) is 4.74 Å². The largest absolute Gasteiger partial charge is 0.465 e. The monoisotopic (exact) mass is 313 g/mol. The Hall–Kier alpha value is -2.43. The first-order chi connectivity index (χ1) is 11.1. The summed E-state index contributed by atoms with van der Waals surface area (Å²) in [5.41, 5.74) is 2.14. The number of hydrogen-bond acceptors (Lipinski definition) is 4. The van der Waals surface area contributed by atoms with E-state index in [9.17, 15) is 4.79 Å². The summed E-state index contributed by atoms with van der Waals surface area (Å²) in [5.74, 6) is 11.3. The van der Waals surface area contributed by atoms with Crippen LogP contribution in [0.25, 0.3) is 0 Å². The number of carbonyl (C=O) groups is 1. The van der Waals surface area contributed by atoms with Crippen LogP contribution in [0.2, 0.25) is 0 Å². The van der Waals surface area contributed by atoms with Gasteiger partial charge in [0, 0.05) is 32.7 Å². The Balaban J connectivity index is 2.84. The van der Waals surface area contributed by atoms with Gasteiger partial charge in [-0.3, -0.25) is 0 Å². The van der Waals surface area contributed by atoms with E-state index in [0.717, 1.165) is 36.9 Å². The molecule has 1 rings (SSSR count). The van der Waals surface area contributed by atoms with Crippen molar-refractivity contribution < 1.29 is 14.6 Å². The lowest BCUT2D eigenvalue weighted by atomic mass is 10.1. The zero-order valence-electron chi connectivity index (χ0n) is 14.0. The molecule has 0 heterocycles. The number of ether oxygens (including phenoxy) is 1. The number of methoxy groups -OCH3 is 1. The number of esters is 1. The minimum Gasteiger partial charge on any atom is -0.465 e. The van der Waals surface area contributed by atoms with Gasteiger partial charge in [-0.1, -0.05) is 18.3 Å². The molecule has 0 aromatic heterocycles. The van der Waals surface area contributed by atoms with E-state index in [0.29, 0.717) is 5.56 Å². The summed E-state index contributed by atoms with van der Waals surface area (Å²) >= 11 is 0. The normalized spacial score (nSPS) is 9.22. The van der Waals surface area contributed by atoms with Crippen LogP contribution < -0.4 is 4.90 Å². The molecule has 4 heteroatoms. The van der Waals surface area contributed by atoms with Crippen molar-refractivity contribution in [1.82, 2.24) is 0 Å². The Labute approximate surface area is 138 Å². The van der Waals surface area contributed by atoms with Crippen LogP contribution in [0.4, 0.5) is 5.69 Å². The molecule has 0 aliphatic rings. The maximum Gasteiger partial charge on any atom is 0.337 e. The topological polar surface area (TPSA) is 49.8 Å². The van der Waals surface area contributed by atoms with Crippen molar-refractivity contribution in [3.63, 3.8) is 0 Å². The summed E-state index contributed by atoms with van der Waals surface area (Å²) < 4.78 is 4.73. The van der Waals surface area contributed by atoms with Crippen LogP contribution in [0.3, 0.4) is 0 Å². The van der Waals surface area contributed by atoms with E-state index in [1.807, 2.05) is 25.1 Å². The molecule has 0 saturated heterocycles. The predicted octanol–water partition coefficient (Wildman–Crippen LogP) is 2.45. The van der Waals surface area contributed by atoms with Gasteiger partial charge in [0.2, 0.25) is 0 Å². The van der Waals surface area contributed by atoms with Crippen LogP contribution in [0.15, 0.2) is 18.2 Å². The standard InChI is InChI=1S/C19H23NO3/c1-20(2)18-13-12-17(19(22)23-3)15-16(18)11-9-7-5-4-6-8-10-14-21/h12-13,15,21H,4,6,8,10,14H2,1-3H3. The summed E-state index contributed by atoms with van der Waals surface area (Å²) in [6.45, 7) is 0.233. The van der Waals surface area contributed by atoms with Crippen LogP contribution in [0, 0.1) is 23.7 Å². The van der Waals surface area contributed by atoms with Crippen molar-refractivity contribution in [1.29, 1.82) is 0 Å². The van der Waals surface area contributed by atoms with Crippen molar-refractivity contribution in [3.05, 3.63) is 29.3 Å². The smallest absolute Gasteiger partial charge is 0.337 e. The first-order valence-electron chi connectivity index (χ1n) is 7.59. The predicted molar refractivity (Wildman–Crippen MR) is 92.3 cm³/mol. The molecule has 23 heavy (non-hydrogen) atoms. The minimum atomic E-state index is -0.381. The molecule has 0 aliphatic heterocycles. The molecule has 0 radical (unpaired) electrons. The van der Waals surface area contributed by atoms with Gasteiger partial charge in [-0.25, -0.2) is 4.79 Å². The van der Waals surface area contributed by atoms with Gasteiger partial charge in [-0.2, -0.15) is 0 Å². The summed E-state index contributed by atoms with van der Waals surface area (Å²) in [5, 5.41) is 8.69. The number of hydrogen-bond donors (Lipinski definition) is 1. The molecular formula is C19H23NO3. The van der Waals surface area contributed by atoms with E-state index in [2.05, 4.69) is 23.7 Å². The van der Waals surface area contributed by atoms with Crippen molar-refractivity contribution in [2.45, 2.75) is 25.7 Å². The van der Waals surface area contributed by atoms with E-state index in [1.54, 1.807) is 12.1 Å². The van der Waals surface area contributed by atoms with Gasteiger partial charge in [0.05, 0.1) is 18.4 Å². The zero-order valence-corrected chi connectivity index (χ0v) is 14.0. The molecule has 0 unspecified atom stereocenters. The van der Waals surface area contributed by atoms with Crippen LogP contribution in [-0.4, -0.2) is 38.9 Å². The lowest BCUT2D eigenvalue weighted by Gasteiger charge is -2.15. The Bertz CT molecular complexity index is 642. The lowest BCUT2D eigenvalue weighted by Crippen LogP contribution is -2.11. The van der Waals surface area contributed by atoms with Gasteiger partial charge >= 0.3 is 5.97 Å². The first-order valence-corrected chi connectivity index (χ1v) is 7.59. The lowest BCUT2D eigenvalue weighted by molar-refractivity contribution is 0.0600. The third kappa shape index (κ3) is 6.46. The summed E-state index contributed by atoms with van der Waals surface area (Å²) in [6.07, 6.45) is 3.54. The van der Waals surface area contributed by atoms with Gasteiger partial charge in [0.25, 0.3) is 0 Å². The Morgan fingerprint density at radius 3 is 2.65 bits per heavy atom. The molecule has 1 N–H and O–H groups in total. The van der Waals surface area contributed by atoms with Crippen LogP contribution in [0.1, 0.15) is 41.6 Å². The highest BCUT2D eigenvalue weighted by Gasteiger charge is 2.09. The molecule has 0 aliphatic carbocycles. The number of rotatable bonds is 6. The van der Waals surface area contributed by atoms with E-state index >= 15 is 0 Å². The molecule has 0 spiro atoms. The van der Waals surface area contributed by atoms with Gasteiger partial charge in [0.15, 0.2) is 0 Å². The highest BCUT2D eigenvalue weighted by Crippen LogP contribution is 2.19. The number of unbranched alkanes of at least 4 members (excludes halogenated alkanes) is 3. The summed E-state index contributed by atoms with van der Waals surface area (Å²) in [4.78, 5) is 13.6. The third-order valence-electron chi connectivity index (χ3n) is 3.21. The van der Waals surface area contributed by atoms with E-state index in [1.165, 1.54) is 7.11 Å². The second-order valence-electron chi connectivity index (χ2n) is 5.20. The fourth-order valence-corrected chi connectivity index (χ4v) is 1.98. The van der Waals surface area contributed by atoms with Crippen molar-refractivity contribution in [3.8, 4) is 23.7 Å². The maximum atomic E-state index is 11.6. The van der Waals surface area contributed by atoms with E-state index in [4.69, 9.17) is 9.84 Å². The van der Waals surface area contributed by atoms with E-state index < -0.39 is 0 Å². The SMILES string of the molecule is COC(=O)c1ccc(N(C)C)c(C#CC#CCCCCCO)c1. The van der Waals surface area contributed by atoms with Gasteiger partial charge in [0.1, 0.15) is 0 Å². The van der Waals surface area contributed by atoms with Crippen molar-refractivity contribution in [2.75, 3.05) is 32.7 Å². The minimum absolute atomic E-state index is 0.233. The molecule has 122 valence electrons. The molecule has 0 amide bonds. The molecule has 0 bridgehead atoms. The quantitative estimate of drug-likeness (QED) is 0.498. The average Bonchev–Trinajstić information content (AvgIpc) is 2.56. The van der Waals surface area contributed by atoms with Gasteiger partial charge in [-0.15, -0.1) is 0 Å². The Morgan fingerprint density at radius 1 is 1.22 bits per heavy atom. The van der Waals surface area contributed by atoms with Crippen LogP contribution >= 0.6 is 0 Å². The summed E-state index contributed by atoms with van der Waals surface area (Å²) in [7, 11) is 5.20. The highest BCUT2D eigenvalue weighted by atomic mass is 16.5. The number of aliphatic hydroxyl groups excluding tert-OH is 1. The Kier molecular flexibility index (Phi) is 8.36. The van der Waals surface area contributed by atoms with Gasteiger partial charge in [-0.05, 0) is 42.9 Å². The number of anilines is 1. The van der Waals surface area contributed by atoms with Crippen molar-refractivity contribution >= 4 is 11.7 Å². The second kappa shape index (κ2) is 10.3. The molecule has 4 nitrogen and oxygen atoms in total.